The van der Waals surface area contributed by atoms with Crippen LogP contribution in [0.2, 0.25) is 0 Å². The molecule has 1 fully saturated rings. The van der Waals surface area contributed by atoms with Gasteiger partial charge in [-0.3, -0.25) is 4.79 Å². The fourth-order valence-electron chi connectivity index (χ4n) is 2.08. The Morgan fingerprint density at radius 1 is 1.20 bits per heavy atom. The minimum Gasteiger partial charge on any atom is -0.481 e. The molecular weight excluding hydrogens is 208 g/mol. The summed E-state index contributed by atoms with van der Waals surface area (Å²) in [6, 6.07) is 0. The van der Waals surface area contributed by atoms with Crippen LogP contribution in [-0.2, 0) is 4.79 Å². The van der Waals surface area contributed by atoms with Gasteiger partial charge in [0, 0.05) is 6.42 Å². The second kappa shape index (κ2) is 8.03. The quantitative estimate of drug-likeness (QED) is 0.648. The summed E-state index contributed by atoms with van der Waals surface area (Å²) >= 11 is 2.06. The van der Waals surface area contributed by atoms with Gasteiger partial charge in [-0.2, -0.15) is 11.8 Å². The topological polar surface area (TPSA) is 37.3 Å². The van der Waals surface area contributed by atoms with Crippen molar-refractivity contribution < 1.29 is 9.90 Å². The number of carbonyl (C=O) groups is 1. The Bertz CT molecular complexity index is 176. The molecule has 0 aliphatic heterocycles. The molecule has 1 N–H and O–H groups in total. The molecule has 15 heavy (non-hydrogen) atoms. The number of carboxylic acids is 1. The molecular formula is C12H22O2S. The Hall–Kier alpha value is -0.180. The van der Waals surface area contributed by atoms with Gasteiger partial charge in [0.1, 0.15) is 0 Å². The first kappa shape index (κ1) is 12.9. The highest BCUT2D eigenvalue weighted by Gasteiger charge is 2.14. The third-order valence-electron chi connectivity index (χ3n) is 3.01. The van der Waals surface area contributed by atoms with E-state index in [4.69, 9.17) is 5.11 Å². The van der Waals surface area contributed by atoms with E-state index < -0.39 is 5.97 Å². The molecule has 0 amide bonds. The van der Waals surface area contributed by atoms with Gasteiger partial charge in [0.05, 0.1) is 0 Å². The van der Waals surface area contributed by atoms with Crippen LogP contribution in [0.5, 0.6) is 0 Å². The third-order valence-corrected chi connectivity index (χ3v) is 4.29. The Balaban J connectivity index is 1.78. The van der Waals surface area contributed by atoms with Gasteiger partial charge in [0.2, 0.25) is 0 Å². The van der Waals surface area contributed by atoms with E-state index in [-0.39, 0.29) is 0 Å². The molecule has 1 rings (SSSR count). The van der Waals surface area contributed by atoms with E-state index in [1.54, 1.807) is 0 Å². The van der Waals surface area contributed by atoms with Crippen molar-refractivity contribution in [3.63, 3.8) is 0 Å². The lowest BCUT2D eigenvalue weighted by Crippen LogP contribution is -1.98. The summed E-state index contributed by atoms with van der Waals surface area (Å²) in [5.74, 6) is 2.87. The van der Waals surface area contributed by atoms with Crippen LogP contribution in [0.4, 0.5) is 0 Å². The van der Waals surface area contributed by atoms with E-state index >= 15 is 0 Å². The molecule has 0 heterocycles. The van der Waals surface area contributed by atoms with E-state index in [9.17, 15) is 4.79 Å². The number of carboxylic acid groups (broad SMARTS) is 1. The Morgan fingerprint density at radius 2 is 1.93 bits per heavy atom. The van der Waals surface area contributed by atoms with Gasteiger partial charge in [-0.15, -0.1) is 0 Å². The summed E-state index contributed by atoms with van der Waals surface area (Å²) in [7, 11) is 0. The fourth-order valence-corrected chi connectivity index (χ4v) is 3.33. The number of thioether (sulfide) groups is 1. The normalized spacial score (nSPS) is 17.1. The highest BCUT2D eigenvalue weighted by molar-refractivity contribution is 7.99. The van der Waals surface area contributed by atoms with Crippen molar-refractivity contribution in [2.75, 3.05) is 11.5 Å². The zero-order chi connectivity index (χ0) is 10.9. The van der Waals surface area contributed by atoms with Crippen molar-refractivity contribution in [2.45, 2.75) is 51.4 Å². The van der Waals surface area contributed by atoms with E-state index in [0.29, 0.717) is 6.42 Å². The molecule has 1 aliphatic carbocycles. The van der Waals surface area contributed by atoms with Crippen molar-refractivity contribution >= 4 is 17.7 Å². The number of unbranched alkanes of at least 4 members (excludes halogenated alkanes) is 2. The summed E-state index contributed by atoms with van der Waals surface area (Å²) in [4.78, 5) is 10.3. The number of hydrogen-bond donors (Lipinski definition) is 1. The second-order valence-corrected chi connectivity index (χ2v) is 5.58. The van der Waals surface area contributed by atoms with Gasteiger partial charge in [-0.25, -0.2) is 0 Å². The van der Waals surface area contributed by atoms with Gasteiger partial charge in [-0.1, -0.05) is 19.3 Å². The van der Waals surface area contributed by atoms with Crippen LogP contribution in [0.25, 0.3) is 0 Å². The summed E-state index contributed by atoms with van der Waals surface area (Å²) in [6.07, 6.45) is 9.19. The van der Waals surface area contributed by atoms with E-state index in [1.165, 1.54) is 43.6 Å². The Labute approximate surface area is 96.8 Å². The maximum Gasteiger partial charge on any atom is 0.303 e. The van der Waals surface area contributed by atoms with Crippen LogP contribution in [0.1, 0.15) is 51.4 Å². The molecule has 0 spiro atoms. The van der Waals surface area contributed by atoms with Crippen LogP contribution >= 0.6 is 11.8 Å². The minimum atomic E-state index is -0.659. The zero-order valence-electron chi connectivity index (χ0n) is 9.41. The molecule has 0 atom stereocenters. The average Bonchev–Trinajstić information content (AvgIpc) is 2.68. The third kappa shape index (κ3) is 6.82. The van der Waals surface area contributed by atoms with Gasteiger partial charge < -0.3 is 5.11 Å². The largest absolute Gasteiger partial charge is 0.481 e. The highest BCUT2D eigenvalue weighted by atomic mass is 32.2. The Kier molecular flexibility index (Phi) is 6.90. The molecule has 2 nitrogen and oxygen atoms in total. The molecule has 0 aromatic heterocycles. The molecule has 0 saturated heterocycles. The van der Waals surface area contributed by atoms with Crippen molar-refractivity contribution in [1.29, 1.82) is 0 Å². The van der Waals surface area contributed by atoms with Crippen LogP contribution in [0.3, 0.4) is 0 Å². The summed E-state index contributed by atoms with van der Waals surface area (Å²) < 4.78 is 0. The van der Waals surface area contributed by atoms with Crippen molar-refractivity contribution in [1.82, 2.24) is 0 Å². The monoisotopic (exact) mass is 230 g/mol. The molecule has 88 valence electrons. The number of rotatable bonds is 8. The second-order valence-electron chi connectivity index (χ2n) is 4.43. The van der Waals surface area contributed by atoms with Gasteiger partial charge in [0.25, 0.3) is 0 Å². The summed E-state index contributed by atoms with van der Waals surface area (Å²) in [6.45, 7) is 0. The molecule has 1 saturated carbocycles. The molecule has 3 heteroatoms. The maximum absolute atomic E-state index is 10.3. The number of hydrogen-bond acceptors (Lipinski definition) is 2. The number of aliphatic carboxylic acids is 1. The van der Waals surface area contributed by atoms with Crippen molar-refractivity contribution in [2.24, 2.45) is 5.92 Å². The first-order valence-electron chi connectivity index (χ1n) is 6.08. The smallest absolute Gasteiger partial charge is 0.303 e. The van der Waals surface area contributed by atoms with Crippen molar-refractivity contribution in [3.8, 4) is 0 Å². The van der Waals surface area contributed by atoms with Gasteiger partial charge in [0.15, 0.2) is 0 Å². The molecule has 0 bridgehead atoms. The average molecular weight is 230 g/mol. The summed E-state index contributed by atoms with van der Waals surface area (Å²) in [5, 5.41) is 8.45. The predicted octanol–water partition coefficient (Wildman–Crippen LogP) is 3.55. The molecule has 0 radical (unpaired) electrons. The van der Waals surface area contributed by atoms with Gasteiger partial charge in [-0.05, 0) is 43.1 Å². The lowest BCUT2D eigenvalue weighted by Gasteiger charge is -2.07. The molecule has 0 unspecified atom stereocenters. The minimum absolute atomic E-state index is 0.341. The maximum atomic E-state index is 10.3. The molecule has 0 aromatic rings. The first-order valence-corrected chi connectivity index (χ1v) is 7.24. The molecule has 1 aliphatic rings. The van der Waals surface area contributed by atoms with E-state index in [2.05, 4.69) is 11.8 Å². The SMILES string of the molecule is O=C(O)CCCCCSCC1CCCC1. The van der Waals surface area contributed by atoms with Crippen molar-refractivity contribution in [3.05, 3.63) is 0 Å². The van der Waals surface area contributed by atoms with E-state index in [1.807, 2.05) is 0 Å². The van der Waals surface area contributed by atoms with Gasteiger partial charge >= 0.3 is 5.97 Å². The zero-order valence-corrected chi connectivity index (χ0v) is 10.2. The molecule has 0 aromatic carbocycles. The Morgan fingerprint density at radius 3 is 2.60 bits per heavy atom. The standard InChI is InChI=1S/C12H22O2S/c13-12(14)8-2-1-5-9-15-10-11-6-3-4-7-11/h11H,1-10H2,(H,13,14). The lowest BCUT2D eigenvalue weighted by atomic mass is 10.1. The van der Waals surface area contributed by atoms with Crippen LogP contribution in [-0.4, -0.2) is 22.6 Å². The van der Waals surface area contributed by atoms with Crippen LogP contribution in [0.15, 0.2) is 0 Å². The summed E-state index contributed by atoms with van der Waals surface area (Å²) in [5.41, 5.74) is 0. The highest BCUT2D eigenvalue weighted by Crippen LogP contribution is 2.28. The fraction of sp³-hybridized carbons (Fsp3) is 0.917. The predicted molar refractivity (Wildman–Crippen MR) is 65.4 cm³/mol. The van der Waals surface area contributed by atoms with Crippen LogP contribution < -0.4 is 0 Å². The van der Waals surface area contributed by atoms with Crippen LogP contribution in [0, 0.1) is 5.92 Å². The first-order chi connectivity index (χ1) is 7.29. The lowest BCUT2D eigenvalue weighted by molar-refractivity contribution is -0.137. The van der Waals surface area contributed by atoms with E-state index in [0.717, 1.165) is 18.8 Å².